The van der Waals surface area contributed by atoms with Crippen molar-refractivity contribution in [1.82, 2.24) is 0 Å². The van der Waals surface area contributed by atoms with Crippen LogP contribution < -0.4 is 0 Å². The zero-order valence-electron chi connectivity index (χ0n) is 7.50. The Labute approximate surface area is 73.4 Å². The van der Waals surface area contributed by atoms with Gasteiger partial charge in [-0.15, -0.1) is 11.8 Å². The van der Waals surface area contributed by atoms with Gasteiger partial charge in [0.25, 0.3) is 0 Å². The van der Waals surface area contributed by atoms with Gasteiger partial charge in [0.1, 0.15) is 0 Å². The third-order valence-electron chi connectivity index (χ3n) is 2.64. The number of thioether (sulfide) groups is 1. The first kappa shape index (κ1) is 7.72. The topological polar surface area (TPSA) is 0 Å². The summed E-state index contributed by atoms with van der Waals surface area (Å²) in [6.45, 7) is 7.08. The molecule has 1 aliphatic carbocycles. The fourth-order valence-corrected chi connectivity index (χ4v) is 3.86. The van der Waals surface area contributed by atoms with Crippen LogP contribution in [-0.2, 0) is 0 Å². The van der Waals surface area contributed by atoms with Crippen LogP contribution in [0.2, 0.25) is 0 Å². The van der Waals surface area contributed by atoms with Crippen molar-refractivity contribution in [2.75, 3.05) is 0 Å². The lowest BCUT2D eigenvalue weighted by Gasteiger charge is -2.31. The van der Waals surface area contributed by atoms with E-state index in [0.717, 1.165) is 16.4 Å². The van der Waals surface area contributed by atoms with Gasteiger partial charge in [-0.2, -0.15) is 0 Å². The molecule has 0 saturated carbocycles. The number of rotatable bonds is 0. The van der Waals surface area contributed by atoms with Crippen molar-refractivity contribution in [3.63, 3.8) is 0 Å². The second-order valence-corrected chi connectivity index (χ2v) is 6.13. The highest BCUT2D eigenvalue weighted by atomic mass is 32.2. The zero-order chi connectivity index (χ0) is 8.06. The minimum absolute atomic E-state index is 0.495. The van der Waals surface area contributed by atoms with Crippen LogP contribution in [-0.4, -0.2) is 10.5 Å². The lowest BCUT2D eigenvalue weighted by molar-refractivity contribution is 0.350. The second-order valence-electron chi connectivity index (χ2n) is 4.75. The third kappa shape index (κ3) is 1.24. The molecule has 0 aromatic carbocycles. The molecule has 3 atom stereocenters. The van der Waals surface area contributed by atoms with E-state index in [1.165, 1.54) is 6.42 Å². The van der Waals surface area contributed by atoms with Crippen LogP contribution in [0.25, 0.3) is 0 Å². The highest BCUT2D eigenvalue weighted by Gasteiger charge is 2.42. The Balaban J connectivity index is 2.15. The van der Waals surface area contributed by atoms with Gasteiger partial charge in [-0.25, -0.2) is 0 Å². The molecule has 1 heteroatoms. The molecule has 2 rings (SSSR count). The molecule has 1 heterocycles. The van der Waals surface area contributed by atoms with Crippen molar-refractivity contribution in [1.29, 1.82) is 0 Å². The van der Waals surface area contributed by atoms with E-state index in [2.05, 4.69) is 44.7 Å². The Hall–Kier alpha value is 0.0900. The summed E-state index contributed by atoms with van der Waals surface area (Å²) in [7, 11) is 0. The number of allylic oxidation sites excluding steroid dienone is 1. The van der Waals surface area contributed by atoms with Gasteiger partial charge in [-0.1, -0.05) is 32.9 Å². The lowest BCUT2D eigenvalue weighted by atomic mass is 9.84. The standard InChI is InChI=1S/C10H16S/c1-10(2,3)9-7-4-5-8(6-7)11-9/h4-5,7-9H,6H2,1-3H3. The Morgan fingerprint density at radius 2 is 2.00 bits per heavy atom. The molecule has 0 nitrogen and oxygen atoms in total. The molecule has 0 aromatic heterocycles. The number of fused-ring (bicyclic) bond motifs is 2. The predicted octanol–water partition coefficient (Wildman–Crippen LogP) is 3.09. The fraction of sp³-hybridized carbons (Fsp3) is 0.800. The van der Waals surface area contributed by atoms with E-state index in [0.29, 0.717) is 5.41 Å². The van der Waals surface area contributed by atoms with E-state index < -0.39 is 0 Å². The molecule has 0 amide bonds. The number of hydrogen-bond acceptors (Lipinski definition) is 1. The molecule has 0 radical (unpaired) electrons. The first-order chi connectivity index (χ1) is 5.07. The van der Waals surface area contributed by atoms with Gasteiger partial charge in [-0.3, -0.25) is 0 Å². The van der Waals surface area contributed by atoms with E-state index in [9.17, 15) is 0 Å². The summed E-state index contributed by atoms with van der Waals surface area (Å²) in [5, 5.41) is 1.72. The monoisotopic (exact) mass is 168 g/mol. The van der Waals surface area contributed by atoms with Gasteiger partial charge in [0, 0.05) is 10.5 Å². The quantitative estimate of drug-likeness (QED) is 0.501. The lowest BCUT2D eigenvalue weighted by Crippen LogP contribution is -2.26. The largest absolute Gasteiger partial charge is 0.150 e. The summed E-state index contributed by atoms with van der Waals surface area (Å²) in [4.78, 5) is 0. The predicted molar refractivity (Wildman–Crippen MR) is 51.9 cm³/mol. The third-order valence-corrected chi connectivity index (χ3v) is 4.69. The van der Waals surface area contributed by atoms with Crippen molar-refractivity contribution in [2.24, 2.45) is 11.3 Å². The van der Waals surface area contributed by atoms with Crippen molar-refractivity contribution >= 4 is 11.8 Å². The smallest absolute Gasteiger partial charge is 0.0236 e. The van der Waals surface area contributed by atoms with Crippen LogP contribution in [0, 0.1) is 11.3 Å². The highest BCUT2D eigenvalue weighted by molar-refractivity contribution is 8.01. The van der Waals surface area contributed by atoms with Crippen molar-refractivity contribution in [3.05, 3.63) is 12.2 Å². The molecule has 0 spiro atoms. The summed E-state index contributed by atoms with van der Waals surface area (Å²) in [5.74, 6) is 0.880. The van der Waals surface area contributed by atoms with Crippen LogP contribution in [0.4, 0.5) is 0 Å². The molecule has 1 aliphatic heterocycles. The molecule has 11 heavy (non-hydrogen) atoms. The molecule has 2 bridgehead atoms. The molecule has 0 aromatic rings. The van der Waals surface area contributed by atoms with Gasteiger partial charge in [-0.05, 0) is 17.8 Å². The van der Waals surface area contributed by atoms with Gasteiger partial charge >= 0.3 is 0 Å². The Morgan fingerprint density at radius 3 is 2.27 bits per heavy atom. The Bertz CT molecular complexity index is 188. The average molecular weight is 168 g/mol. The van der Waals surface area contributed by atoms with E-state index in [4.69, 9.17) is 0 Å². The van der Waals surface area contributed by atoms with Crippen molar-refractivity contribution < 1.29 is 0 Å². The first-order valence-electron chi connectivity index (χ1n) is 4.41. The summed E-state index contributed by atoms with van der Waals surface area (Å²) in [5.41, 5.74) is 0.495. The van der Waals surface area contributed by atoms with Crippen LogP contribution in [0.1, 0.15) is 27.2 Å². The Morgan fingerprint density at radius 1 is 1.27 bits per heavy atom. The minimum atomic E-state index is 0.495. The molecule has 1 fully saturated rings. The summed E-state index contributed by atoms with van der Waals surface area (Å²) in [6.07, 6.45) is 6.22. The summed E-state index contributed by atoms with van der Waals surface area (Å²) in [6, 6.07) is 0. The maximum Gasteiger partial charge on any atom is 0.0236 e. The molecule has 2 aliphatic rings. The van der Waals surface area contributed by atoms with Crippen LogP contribution in [0.15, 0.2) is 12.2 Å². The van der Waals surface area contributed by atoms with Crippen LogP contribution in [0.3, 0.4) is 0 Å². The van der Waals surface area contributed by atoms with E-state index in [1.807, 2.05) is 0 Å². The minimum Gasteiger partial charge on any atom is -0.150 e. The van der Waals surface area contributed by atoms with Crippen molar-refractivity contribution in [2.45, 2.75) is 37.7 Å². The van der Waals surface area contributed by atoms with Gasteiger partial charge in [0.15, 0.2) is 0 Å². The fourth-order valence-electron chi connectivity index (χ4n) is 2.15. The molecular weight excluding hydrogens is 152 g/mol. The maximum absolute atomic E-state index is 2.43. The SMILES string of the molecule is CC(C)(C)C1SC2C=CC1C2. The average Bonchev–Trinajstić information content (AvgIpc) is 2.42. The first-order valence-corrected chi connectivity index (χ1v) is 5.35. The van der Waals surface area contributed by atoms with E-state index in [-0.39, 0.29) is 0 Å². The Kier molecular flexibility index (Phi) is 1.61. The molecule has 62 valence electrons. The molecule has 0 N–H and O–H groups in total. The normalized spacial score (nSPS) is 41.9. The zero-order valence-corrected chi connectivity index (χ0v) is 8.32. The van der Waals surface area contributed by atoms with Gasteiger partial charge in [0.05, 0.1) is 0 Å². The van der Waals surface area contributed by atoms with Gasteiger partial charge < -0.3 is 0 Å². The summed E-state index contributed by atoms with van der Waals surface area (Å²) >= 11 is 2.18. The van der Waals surface area contributed by atoms with E-state index in [1.54, 1.807) is 0 Å². The van der Waals surface area contributed by atoms with Crippen molar-refractivity contribution in [3.8, 4) is 0 Å². The maximum atomic E-state index is 2.43. The number of hydrogen-bond donors (Lipinski definition) is 0. The highest BCUT2D eigenvalue weighted by Crippen LogP contribution is 2.51. The molecule has 1 saturated heterocycles. The van der Waals surface area contributed by atoms with E-state index >= 15 is 0 Å². The molecule has 3 unspecified atom stereocenters. The molecular formula is C10H16S. The van der Waals surface area contributed by atoms with Crippen LogP contribution in [0.5, 0.6) is 0 Å². The van der Waals surface area contributed by atoms with Gasteiger partial charge in [0.2, 0.25) is 0 Å². The van der Waals surface area contributed by atoms with Crippen LogP contribution >= 0.6 is 11.8 Å². The second kappa shape index (κ2) is 2.29. The summed E-state index contributed by atoms with van der Waals surface area (Å²) < 4.78 is 0.